The summed E-state index contributed by atoms with van der Waals surface area (Å²) in [6.45, 7) is 0.589. The number of ketones is 1. The Morgan fingerprint density at radius 1 is 1.11 bits per heavy atom. The van der Waals surface area contributed by atoms with Gasteiger partial charge in [-0.2, -0.15) is 0 Å². The molecule has 35 heavy (non-hydrogen) atoms. The molecule has 1 atom stereocenters. The number of aliphatic imine (C=N–C) groups is 1. The van der Waals surface area contributed by atoms with E-state index in [9.17, 15) is 9.59 Å². The van der Waals surface area contributed by atoms with E-state index in [-0.39, 0.29) is 11.3 Å². The highest BCUT2D eigenvalue weighted by molar-refractivity contribution is 6.08. The summed E-state index contributed by atoms with van der Waals surface area (Å²) in [6.07, 6.45) is 6.37. The van der Waals surface area contributed by atoms with Crippen molar-refractivity contribution in [2.75, 3.05) is 14.1 Å². The summed E-state index contributed by atoms with van der Waals surface area (Å²) >= 11 is 0. The van der Waals surface area contributed by atoms with Gasteiger partial charge < -0.3 is 15.2 Å². The lowest BCUT2D eigenvalue weighted by Gasteiger charge is -2.19. The smallest absolute Gasteiger partial charge is 0.248 e. The summed E-state index contributed by atoms with van der Waals surface area (Å²) in [5.41, 5.74) is 7.63. The highest BCUT2D eigenvalue weighted by Gasteiger charge is 2.32. The number of Topliss-reactive ketones (excluding diaryl/α,β-unsaturated/α-hetero) is 1. The second-order valence-electron chi connectivity index (χ2n) is 8.47. The monoisotopic (exact) mass is 471 g/mol. The number of fused-ring (bicyclic) bond motifs is 1. The van der Waals surface area contributed by atoms with Crippen LogP contribution in [0.3, 0.4) is 0 Å². The van der Waals surface area contributed by atoms with Gasteiger partial charge in [-0.1, -0.05) is 12.1 Å². The summed E-state index contributed by atoms with van der Waals surface area (Å²) in [6, 6.07) is 10.2. The van der Waals surface area contributed by atoms with Gasteiger partial charge in [0.2, 0.25) is 11.7 Å². The highest BCUT2D eigenvalue weighted by atomic mass is 19.1. The molecule has 0 fully saturated rings. The fraction of sp³-hybridized carbons (Fsp3) is 0.160. The lowest BCUT2D eigenvalue weighted by Crippen LogP contribution is -2.22. The van der Waals surface area contributed by atoms with Crippen molar-refractivity contribution in [2.45, 2.75) is 12.6 Å². The third-order valence-electron chi connectivity index (χ3n) is 5.76. The largest absolute Gasteiger partial charge is 0.366 e. The molecule has 1 amide bonds. The van der Waals surface area contributed by atoms with E-state index in [4.69, 9.17) is 5.73 Å². The second-order valence-corrected chi connectivity index (χ2v) is 8.47. The van der Waals surface area contributed by atoms with Gasteiger partial charge >= 0.3 is 0 Å². The first-order valence-corrected chi connectivity index (χ1v) is 10.8. The van der Waals surface area contributed by atoms with Gasteiger partial charge in [0.15, 0.2) is 0 Å². The molecule has 176 valence electrons. The van der Waals surface area contributed by atoms with Crippen molar-refractivity contribution in [1.82, 2.24) is 24.0 Å². The van der Waals surface area contributed by atoms with E-state index in [1.807, 2.05) is 19.0 Å². The van der Waals surface area contributed by atoms with Crippen LogP contribution in [-0.2, 0) is 6.54 Å². The van der Waals surface area contributed by atoms with Gasteiger partial charge in [-0.25, -0.2) is 14.4 Å². The van der Waals surface area contributed by atoms with Crippen molar-refractivity contribution in [3.63, 3.8) is 0 Å². The van der Waals surface area contributed by atoms with Crippen molar-refractivity contribution in [1.29, 1.82) is 0 Å². The highest BCUT2D eigenvalue weighted by Crippen LogP contribution is 2.31. The Kier molecular flexibility index (Phi) is 5.58. The standard InChI is InChI=1S/C25H22FN7O2/c1-31(2)13-21-28-8-9-32(21)17-6-7-18(19(26)11-17)22-24(34)23-20(12-29-22)30-14-33(23)16-5-3-4-15(10-16)25(27)35/h3-12,14,22H,13H2,1-2H3,(H2,27,35). The molecular weight excluding hydrogens is 449 g/mol. The number of primary amides is 1. The number of rotatable bonds is 6. The summed E-state index contributed by atoms with van der Waals surface area (Å²) < 4.78 is 18.7. The maximum absolute atomic E-state index is 15.3. The molecule has 1 aliphatic heterocycles. The molecular formula is C25H22FN7O2. The number of aromatic nitrogens is 4. The molecule has 9 nitrogen and oxygen atoms in total. The molecule has 4 aromatic rings. The molecule has 0 spiro atoms. The van der Waals surface area contributed by atoms with E-state index in [0.717, 1.165) is 5.82 Å². The molecule has 2 N–H and O–H groups in total. The fourth-order valence-corrected chi connectivity index (χ4v) is 4.13. The van der Waals surface area contributed by atoms with Crippen molar-refractivity contribution < 1.29 is 14.0 Å². The summed E-state index contributed by atoms with van der Waals surface area (Å²) in [5, 5.41) is 0. The molecule has 1 aliphatic rings. The number of halogens is 1. The predicted octanol–water partition coefficient (Wildman–Crippen LogP) is 2.71. The average molecular weight is 471 g/mol. The lowest BCUT2D eigenvalue weighted by atomic mass is 9.97. The Bertz CT molecular complexity index is 1480. The van der Waals surface area contributed by atoms with Gasteiger partial charge in [0.25, 0.3) is 0 Å². The third-order valence-corrected chi connectivity index (χ3v) is 5.76. The van der Waals surface area contributed by atoms with Crippen LogP contribution >= 0.6 is 0 Å². The summed E-state index contributed by atoms with van der Waals surface area (Å²) in [7, 11) is 3.86. The Balaban J connectivity index is 1.49. The minimum Gasteiger partial charge on any atom is -0.366 e. The Morgan fingerprint density at radius 2 is 1.91 bits per heavy atom. The molecule has 0 aliphatic carbocycles. The zero-order valence-electron chi connectivity index (χ0n) is 19.1. The van der Waals surface area contributed by atoms with Crippen molar-refractivity contribution in [3.8, 4) is 11.4 Å². The fourth-order valence-electron chi connectivity index (χ4n) is 4.13. The van der Waals surface area contributed by atoms with E-state index in [1.165, 1.54) is 18.6 Å². The maximum Gasteiger partial charge on any atom is 0.248 e. The molecule has 3 heterocycles. The van der Waals surface area contributed by atoms with Crippen molar-refractivity contribution >= 4 is 17.9 Å². The SMILES string of the molecule is CN(C)Cc1nccn1-c1ccc(C2N=Cc3ncn(-c4cccc(C(N)=O)c4)c3C2=O)c(F)c1. The summed E-state index contributed by atoms with van der Waals surface area (Å²) in [5.74, 6) is -0.763. The molecule has 0 radical (unpaired) electrons. The molecule has 0 saturated carbocycles. The Hall–Kier alpha value is -4.44. The van der Waals surface area contributed by atoms with Crippen LogP contribution in [0.2, 0.25) is 0 Å². The van der Waals surface area contributed by atoms with E-state index in [1.54, 1.807) is 57.9 Å². The first-order chi connectivity index (χ1) is 16.8. The number of nitrogens with zero attached hydrogens (tertiary/aromatic N) is 6. The van der Waals surface area contributed by atoms with Crippen LogP contribution in [0.5, 0.6) is 0 Å². The molecule has 1 unspecified atom stereocenters. The van der Waals surface area contributed by atoms with E-state index in [2.05, 4.69) is 15.0 Å². The predicted molar refractivity (Wildman–Crippen MR) is 128 cm³/mol. The number of imidazole rings is 2. The van der Waals surface area contributed by atoms with Crippen LogP contribution in [0, 0.1) is 5.82 Å². The average Bonchev–Trinajstić information content (AvgIpc) is 3.47. The number of hydrogen-bond donors (Lipinski definition) is 1. The number of amides is 1. The van der Waals surface area contributed by atoms with E-state index < -0.39 is 23.5 Å². The normalized spacial score (nSPS) is 15.0. The van der Waals surface area contributed by atoms with Crippen LogP contribution in [0.4, 0.5) is 4.39 Å². The molecule has 5 rings (SSSR count). The van der Waals surface area contributed by atoms with Gasteiger partial charge in [-0.3, -0.25) is 19.1 Å². The van der Waals surface area contributed by atoms with Gasteiger partial charge in [-0.05, 0) is 44.4 Å². The number of hydrogen-bond acceptors (Lipinski definition) is 6. The second kappa shape index (κ2) is 8.73. The lowest BCUT2D eigenvalue weighted by molar-refractivity contribution is 0.0951. The Labute approximate surface area is 200 Å². The molecule has 2 aromatic carbocycles. The third kappa shape index (κ3) is 4.04. The van der Waals surface area contributed by atoms with Gasteiger partial charge in [-0.15, -0.1) is 0 Å². The van der Waals surface area contributed by atoms with Gasteiger partial charge in [0.05, 0.1) is 12.8 Å². The van der Waals surface area contributed by atoms with E-state index >= 15 is 4.39 Å². The van der Waals surface area contributed by atoms with Gasteiger partial charge in [0, 0.05) is 34.9 Å². The number of nitrogens with two attached hydrogens (primary N) is 1. The van der Waals surface area contributed by atoms with Crippen LogP contribution in [0.1, 0.15) is 44.0 Å². The van der Waals surface area contributed by atoms with Crippen LogP contribution in [-0.4, -0.2) is 56.0 Å². The molecule has 0 bridgehead atoms. The van der Waals surface area contributed by atoms with Crippen LogP contribution in [0.15, 0.2) is 66.2 Å². The van der Waals surface area contributed by atoms with Crippen molar-refractivity contribution in [3.05, 3.63) is 95.3 Å². The number of benzene rings is 2. The minimum atomic E-state index is -1.06. The van der Waals surface area contributed by atoms with Crippen LogP contribution < -0.4 is 5.73 Å². The zero-order valence-corrected chi connectivity index (χ0v) is 19.1. The topological polar surface area (TPSA) is 111 Å². The number of carbonyl (C=O) groups excluding carboxylic acids is 2. The summed E-state index contributed by atoms with van der Waals surface area (Å²) in [4.78, 5) is 39.9. The first kappa shape index (κ1) is 22.4. The van der Waals surface area contributed by atoms with E-state index in [0.29, 0.717) is 29.2 Å². The Morgan fingerprint density at radius 3 is 2.66 bits per heavy atom. The molecule has 10 heteroatoms. The number of carbonyl (C=O) groups is 2. The van der Waals surface area contributed by atoms with Gasteiger partial charge in [0.1, 0.15) is 35.4 Å². The first-order valence-electron chi connectivity index (χ1n) is 10.8. The quantitative estimate of drug-likeness (QED) is 0.465. The zero-order chi connectivity index (χ0) is 24.7. The molecule has 0 saturated heterocycles. The van der Waals surface area contributed by atoms with Crippen LogP contribution in [0.25, 0.3) is 11.4 Å². The van der Waals surface area contributed by atoms with Crippen molar-refractivity contribution in [2.24, 2.45) is 10.7 Å². The maximum atomic E-state index is 15.3. The minimum absolute atomic E-state index is 0.161. The molecule has 2 aromatic heterocycles.